The molecule has 0 fully saturated rings. The van der Waals surface area contributed by atoms with Crippen LogP contribution in [0.15, 0.2) is 24.3 Å². The number of alkyl halides is 2. The topological polar surface area (TPSA) is 73.9 Å². The van der Waals surface area contributed by atoms with Gasteiger partial charge in [0.15, 0.2) is 11.5 Å². The summed E-state index contributed by atoms with van der Waals surface area (Å²) in [5.74, 6) is -1.08. The third-order valence-electron chi connectivity index (χ3n) is 3.80. The van der Waals surface area contributed by atoms with Gasteiger partial charge in [-0.1, -0.05) is 26.3 Å². The number of halogens is 2. The number of methoxy groups -OCH3 is 2. The number of ether oxygens (including phenoxy) is 3. The van der Waals surface area contributed by atoms with Crippen molar-refractivity contribution >= 4 is 18.0 Å². The fraction of sp³-hybridized carbons (Fsp3) is 0.444. The lowest BCUT2D eigenvalue weighted by atomic mass is 9.99. The molecule has 0 aromatic heterocycles. The first-order valence-corrected chi connectivity index (χ1v) is 8.01. The van der Waals surface area contributed by atoms with Gasteiger partial charge in [-0.05, 0) is 29.7 Å². The standard InChI is InChI=1S/C18H23F2NO5/c1-5-11(2)16(17(23)25-4)21-15(22)9-7-12-6-8-13(26-18(19)20)14(10-12)24-3/h6-11,16,18H,5H2,1-4H3,(H,21,22)/b9-7+/t11-,16-/m1/s1. The second-order valence-electron chi connectivity index (χ2n) is 5.52. The molecule has 0 aliphatic carbocycles. The smallest absolute Gasteiger partial charge is 0.387 e. The summed E-state index contributed by atoms with van der Waals surface area (Å²) in [6, 6.07) is 3.52. The Kier molecular flexibility index (Phi) is 8.54. The molecule has 1 amide bonds. The number of rotatable bonds is 9. The highest BCUT2D eigenvalue weighted by Gasteiger charge is 2.25. The number of hydrogen-bond acceptors (Lipinski definition) is 5. The van der Waals surface area contributed by atoms with Crippen molar-refractivity contribution in [3.05, 3.63) is 29.8 Å². The molecular formula is C18H23F2NO5. The minimum atomic E-state index is -2.97. The fourth-order valence-electron chi connectivity index (χ4n) is 2.15. The van der Waals surface area contributed by atoms with Crippen LogP contribution in [0.3, 0.4) is 0 Å². The minimum absolute atomic E-state index is 0.0920. The number of hydrogen-bond donors (Lipinski definition) is 1. The van der Waals surface area contributed by atoms with E-state index in [2.05, 4.69) is 10.1 Å². The van der Waals surface area contributed by atoms with Gasteiger partial charge in [0.1, 0.15) is 6.04 Å². The SMILES string of the molecule is CC[C@@H](C)[C@@H](NC(=O)/C=C/c1ccc(OC(F)F)c(OC)c1)C(=O)OC. The molecule has 0 saturated carbocycles. The Labute approximate surface area is 151 Å². The van der Waals surface area contributed by atoms with E-state index < -0.39 is 24.5 Å². The normalized spacial score (nSPS) is 13.3. The molecule has 8 heteroatoms. The van der Waals surface area contributed by atoms with E-state index in [1.165, 1.54) is 44.6 Å². The van der Waals surface area contributed by atoms with Crippen LogP contribution in [0.1, 0.15) is 25.8 Å². The summed E-state index contributed by atoms with van der Waals surface area (Å²) in [6.45, 7) is 0.766. The first kappa shape index (κ1) is 21.4. The molecule has 0 aliphatic heterocycles. The molecule has 1 aromatic rings. The van der Waals surface area contributed by atoms with Crippen molar-refractivity contribution in [2.45, 2.75) is 32.9 Å². The molecule has 0 radical (unpaired) electrons. The van der Waals surface area contributed by atoms with Gasteiger partial charge in [-0.3, -0.25) is 4.79 Å². The van der Waals surface area contributed by atoms with Crippen molar-refractivity contribution in [1.82, 2.24) is 5.32 Å². The number of amides is 1. The van der Waals surface area contributed by atoms with Crippen molar-refractivity contribution < 1.29 is 32.6 Å². The summed E-state index contributed by atoms with van der Waals surface area (Å²) >= 11 is 0. The molecule has 0 heterocycles. The first-order chi connectivity index (χ1) is 12.3. The predicted octanol–water partition coefficient (Wildman–Crippen LogP) is 3.01. The lowest BCUT2D eigenvalue weighted by Crippen LogP contribution is -2.45. The minimum Gasteiger partial charge on any atom is -0.493 e. The molecule has 144 valence electrons. The molecular weight excluding hydrogens is 348 g/mol. The van der Waals surface area contributed by atoms with E-state index in [4.69, 9.17) is 9.47 Å². The second kappa shape index (κ2) is 10.4. The summed E-state index contributed by atoms with van der Waals surface area (Å²) in [7, 11) is 2.58. The van der Waals surface area contributed by atoms with Gasteiger partial charge >= 0.3 is 12.6 Å². The molecule has 1 N–H and O–H groups in total. The number of esters is 1. The van der Waals surface area contributed by atoms with Gasteiger partial charge in [-0.2, -0.15) is 8.78 Å². The Morgan fingerprint density at radius 2 is 1.92 bits per heavy atom. The van der Waals surface area contributed by atoms with Gasteiger partial charge < -0.3 is 19.5 Å². The van der Waals surface area contributed by atoms with Gasteiger partial charge in [0.2, 0.25) is 5.91 Å². The van der Waals surface area contributed by atoms with Gasteiger partial charge in [0.25, 0.3) is 0 Å². The van der Waals surface area contributed by atoms with Crippen LogP contribution in [0.2, 0.25) is 0 Å². The molecule has 0 saturated heterocycles. The molecule has 0 spiro atoms. The summed E-state index contributed by atoms with van der Waals surface area (Å²) in [4.78, 5) is 23.9. The van der Waals surface area contributed by atoms with Crippen LogP contribution in [0.25, 0.3) is 6.08 Å². The molecule has 0 aliphatic rings. The fourth-order valence-corrected chi connectivity index (χ4v) is 2.15. The molecule has 6 nitrogen and oxygen atoms in total. The number of carbonyl (C=O) groups is 2. The maximum atomic E-state index is 12.3. The highest BCUT2D eigenvalue weighted by molar-refractivity contribution is 5.94. The molecule has 26 heavy (non-hydrogen) atoms. The average Bonchev–Trinajstić information content (AvgIpc) is 2.63. The lowest BCUT2D eigenvalue weighted by Gasteiger charge is -2.21. The first-order valence-electron chi connectivity index (χ1n) is 8.01. The third kappa shape index (κ3) is 6.34. The second-order valence-corrected chi connectivity index (χ2v) is 5.52. The Bertz CT molecular complexity index is 648. The van der Waals surface area contributed by atoms with E-state index in [0.29, 0.717) is 12.0 Å². The van der Waals surface area contributed by atoms with Crippen LogP contribution in [0, 0.1) is 5.92 Å². The highest BCUT2D eigenvalue weighted by Crippen LogP contribution is 2.29. The average molecular weight is 371 g/mol. The van der Waals surface area contributed by atoms with E-state index >= 15 is 0 Å². The van der Waals surface area contributed by atoms with Crippen LogP contribution < -0.4 is 14.8 Å². The number of nitrogens with one attached hydrogen (secondary N) is 1. The molecule has 1 rings (SSSR count). The molecule has 1 aromatic carbocycles. The van der Waals surface area contributed by atoms with Crippen molar-refractivity contribution in [3.63, 3.8) is 0 Å². The van der Waals surface area contributed by atoms with E-state index in [9.17, 15) is 18.4 Å². The number of carbonyl (C=O) groups excluding carboxylic acids is 2. The maximum Gasteiger partial charge on any atom is 0.387 e. The lowest BCUT2D eigenvalue weighted by molar-refractivity contribution is -0.146. The summed E-state index contributed by atoms with van der Waals surface area (Å²) in [6.07, 6.45) is 3.39. The van der Waals surface area contributed by atoms with Crippen LogP contribution >= 0.6 is 0 Å². The Morgan fingerprint density at radius 3 is 2.46 bits per heavy atom. The summed E-state index contributed by atoms with van der Waals surface area (Å²) in [5, 5.41) is 2.60. The largest absolute Gasteiger partial charge is 0.493 e. The van der Waals surface area contributed by atoms with Crippen LogP contribution in [-0.4, -0.2) is 38.7 Å². The van der Waals surface area contributed by atoms with Gasteiger partial charge in [-0.15, -0.1) is 0 Å². The predicted molar refractivity (Wildman–Crippen MR) is 92.1 cm³/mol. The van der Waals surface area contributed by atoms with Crippen molar-refractivity contribution in [2.24, 2.45) is 5.92 Å². The van der Waals surface area contributed by atoms with Crippen LogP contribution in [0.5, 0.6) is 11.5 Å². The van der Waals surface area contributed by atoms with E-state index in [1.54, 1.807) is 0 Å². The van der Waals surface area contributed by atoms with E-state index in [0.717, 1.165) is 0 Å². The van der Waals surface area contributed by atoms with Crippen LogP contribution in [-0.2, 0) is 14.3 Å². The zero-order valence-corrected chi connectivity index (χ0v) is 15.1. The summed E-state index contributed by atoms with van der Waals surface area (Å²) in [5.41, 5.74) is 0.539. The summed E-state index contributed by atoms with van der Waals surface area (Å²) < 4.78 is 38.7. The van der Waals surface area contributed by atoms with Gasteiger partial charge in [-0.25, -0.2) is 4.79 Å². The van der Waals surface area contributed by atoms with Crippen molar-refractivity contribution in [1.29, 1.82) is 0 Å². The number of benzene rings is 1. The Hall–Kier alpha value is -2.64. The Morgan fingerprint density at radius 1 is 1.23 bits per heavy atom. The molecule has 2 atom stereocenters. The van der Waals surface area contributed by atoms with E-state index in [1.807, 2.05) is 13.8 Å². The quantitative estimate of drug-likeness (QED) is 0.534. The van der Waals surface area contributed by atoms with Crippen molar-refractivity contribution in [2.75, 3.05) is 14.2 Å². The zero-order valence-electron chi connectivity index (χ0n) is 15.1. The third-order valence-corrected chi connectivity index (χ3v) is 3.80. The van der Waals surface area contributed by atoms with Gasteiger partial charge in [0, 0.05) is 6.08 Å². The monoisotopic (exact) mass is 371 g/mol. The van der Waals surface area contributed by atoms with E-state index in [-0.39, 0.29) is 17.4 Å². The maximum absolute atomic E-state index is 12.3. The zero-order chi connectivity index (χ0) is 19.7. The van der Waals surface area contributed by atoms with Crippen LogP contribution in [0.4, 0.5) is 8.78 Å². The van der Waals surface area contributed by atoms with Crippen molar-refractivity contribution in [3.8, 4) is 11.5 Å². The highest BCUT2D eigenvalue weighted by atomic mass is 19.3. The van der Waals surface area contributed by atoms with Gasteiger partial charge in [0.05, 0.1) is 14.2 Å². The Balaban J connectivity index is 2.85. The molecule has 0 bridgehead atoms. The molecule has 0 unspecified atom stereocenters.